The first-order valence-electron chi connectivity index (χ1n) is 4.83. The molecule has 1 aliphatic heterocycles. The minimum Gasteiger partial charge on any atom is -0.396 e. The van der Waals surface area contributed by atoms with E-state index >= 15 is 0 Å². The van der Waals surface area contributed by atoms with Crippen molar-refractivity contribution in [1.82, 2.24) is 9.78 Å². The van der Waals surface area contributed by atoms with Gasteiger partial charge in [0.1, 0.15) is 5.69 Å². The second-order valence-electron chi connectivity index (χ2n) is 3.66. The first-order chi connectivity index (χ1) is 7.22. The summed E-state index contributed by atoms with van der Waals surface area (Å²) in [5.41, 5.74) is 7.03. The number of aromatic nitrogens is 2. The lowest BCUT2D eigenvalue weighted by Crippen LogP contribution is -2.30. The average Bonchev–Trinajstić information content (AvgIpc) is 2.59. The molecule has 2 heterocycles. The third-order valence-corrected chi connectivity index (χ3v) is 2.46. The minimum absolute atomic E-state index is 0.0516. The van der Waals surface area contributed by atoms with E-state index in [-0.39, 0.29) is 12.5 Å². The summed E-state index contributed by atoms with van der Waals surface area (Å²) in [4.78, 5) is 0. The highest BCUT2D eigenvalue weighted by Gasteiger charge is 2.26. The van der Waals surface area contributed by atoms with Crippen LogP contribution in [0.3, 0.4) is 0 Å². The van der Waals surface area contributed by atoms with Gasteiger partial charge >= 0.3 is 0 Å². The van der Waals surface area contributed by atoms with Gasteiger partial charge < -0.3 is 20.3 Å². The molecule has 0 aromatic carbocycles. The summed E-state index contributed by atoms with van der Waals surface area (Å²) in [5, 5.41) is 12.9. The number of nitrogen functional groups attached to an aromatic ring is 1. The van der Waals surface area contributed by atoms with E-state index in [1.807, 2.05) is 0 Å². The van der Waals surface area contributed by atoms with Crippen LogP contribution in [0.2, 0.25) is 0 Å². The van der Waals surface area contributed by atoms with Crippen molar-refractivity contribution in [2.45, 2.75) is 6.29 Å². The second kappa shape index (κ2) is 4.18. The Bertz CT molecular complexity index is 312. The summed E-state index contributed by atoms with van der Waals surface area (Å²) in [5.74, 6) is 0.0516. The number of aliphatic hydroxyl groups is 1. The molecule has 1 saturated heterocycles. The number of aliphatic hydroxyl groups excluding tert-OH is 1. The molecule has 1 fully saturated rings. The van der Waals surface area contributed by atoms with Crippen LogP contribution in [-0.4, -0.2) is 34.7 Å². The molecule has 1 aromatic rings. The molecule has 3 N–H and O–H groups in total. The Kier molecular flexibility index (Phi) is 2.90. The van der Waals surface area contributed by atoms with Gasteiger partial charge in [-0.3, -0.25) is 4.68 Å². The van der Waals surface area contributed by atoms with Gasteiger partial charge in [0, 0.05) is 13.0 Å². The van der Waals surface area contributed by atoms with Crippen molar-refractivity contribution >= 4 is 5.69 Å². The topological polar surface area (TPSA) is 82.5 Å². The maximum absolute atomic E-state index is 8.91. The number of nitrogens with zero attached hydrogens (tertiary/aromatic N) is 2. The van der Waals surface area contributed by atoms with Gasteiger partial charge in [-0.15, -0.1) is 0 Å². The van der Waals surface area contributed by atoms with Crippen LogP contribution in [0.25, 0.3) is 0 Å². The van der Waals surface area contributed by atoms with Gasteiger partial charge in [-0.2, -0.15) is 5.10 Å². The Balaban J connectivity index is 2.07. The average molecular weight is 213 g/mol. The number of hydrogen-bond acceptors (Lipinski definition) is 5. The molecule has 6 heteroatoms. The van der Waals surface area contributed by atoms with Gasteiger partial charge in [0.2, 0.25) is 6.29 Å². The van der Waals surface area contributed by atoms with Gasteiger partial charge in [-0.25, -0.2) is 0 Å². The highest BCUT2D eigenvalue weighted by atomic mass is 16.7. The number of ether oxygens (including phenoxy) is 2. The number of hydrogen-bond donors (Lipinski definition) is 2. The van der Waals surface area contributed by atoms with E-state index in [1.54, 1.807) is 17.9 Å². The fraction of sp³-hybridized carbons (Fsp3) is 0.667. The van der Waals surface area contributed by atoms with E-state index in [0.717, 1.165) is 5.69 Å². The van der Waals surface area contributed by atoms with Gasteiger partial charge in [-0.1, -0.05) is 0 Å². The number of rotatable bonds is 2. The van der Waals surface area contributed by atoms with Gasteiger partial charge in [0.25, 0.3) is 0 Å². The van der Waals surface area contributed by atoms with Gasteiger partial charge in [-0.05, 0) is 0 Å². The maximum atomic E-state index is 8.91. The normalized spacial score (nSPS) is 26.8. The molecule has 0 spiro atoms. The highest BCUT2D eigenvalue weighted by molar-refractivity contribution is 5.41. The van der Waals surface area contributed by atoms with Crippen molar-refractivity contribution < 1.29 is 14.6 Å². The first kappa shape index (κ1) is 10.4. The van der Waals surface area contributed by atoms with Crippen LogP contribution >= 0.6 is 0 Å². The molecule has 84 valence electrons. The van der Waals surface area contributed by atoms with Crippen molar-refractivity contribution in [3.8, 4) is 0 Å². The molecule has 0 bridgehead atoms. The monoisotopic (exact) mass is 213 g/mol. The fourth-order valence-electron chi connectivity index (χ4n) is 1.56. The predicted molar refractivity (Wildman–Crippen MR) is 52.8 cm³/mol. The summed E-state index contributed by atoms with van der Waals surface area (Å²) in [6.45, 7) is 1.03. The number of aryl methyl sites for hydroxylation is 1. The first-order valence-corrected chi connectivity index (χ1v) is 4.83. The van der Waals surface area contributed by atoms with E-state index in [1.165, 1.54) is 0 Å². The molecule has 6 nitrogen and oxygen atoms in total. The summed E-state index contributed by atoms with van der Waals surface area (Å²) >= 11 is 0. The SMILES string of the molecule is Cn1ncc(N)c1[C@H]1OC[C@H](CO)CO1. The third kappa shape index (κ3) is 1.97. The quantitative estimate of drug-likeness (QED) is 0.702. The van der Waals surface area contributed by atoms with E-state index in [9.17, 15) is 0 Å². The summed E-state index contributed by atoms with van der Waals surface area (Å²) < 4.78 is 12.6. The predicted octanol–water partition coefficient (Wildman–Crippen LogP) is -0.344. The molecule has 0 radical (unpaired) electrons. The van der Waals surface area contributed by atoms with Crippen LogP contribution < -0.4 is 5.73 Å². The van der Waals surface area contributed by atoms with E-state index in [0.29, 0.717) is 18.9 Å². The zero-order valence-electron chi connectivity index (χ0n) is 8.59. The van der Waals surface area contributed by atoms with Crippen LogP contribution in [0.4, 0.5) is 5.69 Å². The molecular formula is C9H15N3O3. The molecule has 1 aliphatic rings. The lowest BCUT2D eigenvalue weighted by Gasteiger charge is -2.28. The van der Waals surface area contributed by atoms with Crippen LogP contribution in [0, 0.1) is 5.92 Å². The van der Waals surface area contributed by atoms with Crippen LogP contribution in [0.5, 0.6) is 0 Å². The Hall–Kier alpha value is -1.11. The third-order valence-electron chi connectivity index (χ3n) is 2.46. The molecule has 0 atom stereocenters. The number of nitrogens with two attached hydrogens (primary N) is 1. The fourth-order valence-corrected chi connectivity index (χ4v) is 1.56. The molecule has 0 unspecified atom stereocenters. The van der Waals surface area contributed by atoms with Gasteiger partial charge in [0.05, 0.1) is 31.7 Å². The smallest absolute Gasteiger partial charge is 0.202 e. The maximum Gasteiger partial charge on any atom is 0.202 e. The Labute approximate surface area is 87.6 Å². The van der Waals surface area contributed by atoms with Crippen molar-refractivity contribution in [3.05, 3.63) is 11.9 Å². The second-order valence-corrected chi connectivity index (χ2v) is 3.66. The zero-order chi connectivity index (χ0) is 10.8. The number of anilines is 1. The summed E-state index contributed by atoms with van der Waals surface area (Å²) in [7, 11) is 1.79. The summed E-state index contributed by atoms with van der Waals surface area (Å²) in [6.07, 6.45) is 1.10. The lowest BCUT2D eigenvalue weighted by molar-refractivity contribution is -0.212. The molecular weight excluding hydrogens is 198 g/mol. The Morgan fingerprint density at radius 1 is 1.60 bits per heavy atom. The van der Waals surface area contributed by atoms with E-state index in [2.05, 4.69) is 5.10 Å². The standard InChI is InChI=1S/C9H15N3O3/c1-12-8(7(10)2-11-12)9-14-4-6(3-13)5-15-9/h2,6,9,13H,3-5,10H2,1H3/t6-,9-. The van der Waals surface area contributed by atoms with Crippen molar-refractivity contribution in [2.75, 3.05) is 25.6 Å². The van der Waals surface area contributed by atoms with Crippen molar-refractivity contribution in [2.24, 2.45) is 13.0 Å². The lowest BCUT2D eigenvalue weighted by atomic mass is 10.2. The van der Waals surface area contributed by atoms with Gasteiger partial charge in [0.15, 0.2) is 0 Å². The van der Waals surface area contributed by atoms with Crippen LogP contribution in [0.1, 0.15) is 12.0 Å². The highest BCUT2D eigenvalue weighted by Crippen LogP contribution is 2.28. The Morgan fingerprint density at radius 3 is 2.73 bits per heavy atom. The summed E-state index contributed by atoms with van der Waals surface area (Å²) in [6, 6.07) is 0. The molecule has 0 saturated carbocycles. The minimum atomic E-state index is -0.472. The van der Waals surface area contributed by atoms with E-state index in [4.69, 9.17) is 20.3 Å². The van der Waals surface area contributed by atoms with Crippen molar-refractivity contribution in [1.29, 1.82) is 0 Å². The largest absolute Gasteiger partial charge is 0.396 e. The Morgan fingerprint density at radius 2 is 2.27 bits per heavy atom. The molecule has 2 rings (SSSR count). The molecule has 15 heavy (non-hydrogen) atoms. The molecule has 1 aromatic heterocycles. The van der Waals surface area contributed by atoms with E-state index < -0.39 is 6.29 Å². The zero-order valence-corrected chi connectivity index (χ0v) is 8.59. The molecule has 0 amide bonds. The van der Waals surface area contributed by atoms with Crippen molar-refractivity contribution in [3.63, 3.8) is 0 Å². The van der Waals surface area contributed by atoms with Crippen LogP contribution in [0.15, 0.2) is 6.20 Å². The van der Waals surface area contributed by atoms with Crippen LogP contribution in [-0.2, 0) is 16.5 Å². The molecule has 0 aliphatic carbocycles.